The fourth-order valence-corrected chi connectivity index (χ4v) is 2.14. The van der Waals surface area contributed by atoms with Crippen molar-refractivity contribution in [1.29, 1.82) is 0 Å². The van der Waals surface area contributed by atoms with Crippen molar-refractivity contribution in [3.05, 3.63) is 72.4 Å². The van der Waals surface area contributed by atoms with Gasteiger partial charge in [0.05, 0.1) is 11.2 Å². The van der Waals surface area contributed by atoms with Gasteiger partial charge in [0, 0.05) is 17.1 Å². The summed E-state index contributed by atoms with van der Waals surface area (Å²) in [6, 6.07) is 18.2. The molecular formula is C17H13N3O2. The van der Waals surface area contributed by atoms with E-state index in [1.807, 2.05) is 36.4 Å². The third-order valence-electron chi connectivity index (χ3n) is 3.17. The molecule has 0 saturated carbocycles. The highest BCUT2D eigenvalue weighted by Crippen LogP contribution is 2.20. The van der Waals surface area contributed by atoms with Crippen LogP contribution < -0.4 is 5.43 Å². The summed E-state index contributed by atoms with van der Waals surface area (Å²) in [5.41, 5.74) is 4.70. The summed E-state index contributed by atoms with van der Waals surface area (Å²) in [6.45, 7) is 0. The van der Waals surface area contributed by atoms with Gasteiger partial charge in [0.1, 0.15) is 0 Å². The van der Waals surface area contributed by atoms with Crippen molar-refractivity contribution in [2.45, 2.75) is 0 Å². The van der Waals surface area contributed by atoms with E-state index in [9.17, 15) is 9.90 Å². The van der Waals surface area contributed by atoms with Crippen molar-refractivity contribution in [1.82, 2.24) is 4.98 Å². The highest BCUT2D eigenvalue weighted by Gasteiger charge is 2.12. The van der Waals surface area contributed by atoms with Gasteiger partial charge in [-0.2, -0.15) is 5.10 Å². The summed E-state index contributed by atoms with van der Waals surface area (Å²) in [6.07, 6.45) is 1.69. The van der Waals surface area contributed by atoms with E-state index in [-0.39, 0.29) is 5.71 Å². The molecule has 3 rings (SSSR count). The number of hydrogen-bond donors (Lipinski definition) is 2. The Kier molecular flexibility index (Phi) is 3.78. The molecule has 2 aromatic carbocycles. The number of aromatic nitrogens is 1. The van der Waals surface area contributed by atoms with E-state index in [1.54, 1.807) is 30.5 Å². The van der Waals surface area contributed by atoms with Crippen LogP contribution in [0.5, 0.6) is 0 Å². The van der Waals surface area contributed by atoms with Gasteiger partial charge in [-0.05, 0) is 12.1 Å². The number of hydrazone groups is 1. The third kappa shape index (κ3) is 2.78. The molecule has 22 heavy (non-hydrogen) atoms. The van der Waals surface area contributed by atoms with E-state index >= 15 is 0 Å². The van der Waals surface area contributed by atoms with Crippen LogP contribution in [0, 0.1) is 0 Å². The molecule has 0 bridgehead atoms. The Morgan fingerprint density at radius 1 is 1.00 bits per heavy atom. The van der Waals surface area contributed by atoms with E-state index in [1.165, 1.54) is 0 Å². The van der Waals surface area contributed by atoms with Crippen LogP contribution >= 0.6 is 0 Å². The van der Waals surface area contributed by atoms with Gasteiger partial charge in [-0.15, -0.1) is 0 Å². The molecule has 5 heteroatoms. The molecule has 0 unspecified atom stereocenters. The number of carbonyl (C=O) groups is 1. The first-order valence-electron chi connectivity index (χ1n) is 6.72. The van der Waals surface area contributed by atoms with Gasteiger partial charge >= 0.3 is 5.97 Å². The zero-order valence-electron chi connectivity index (χ0n) is 11.6. The first kappa shape index (κ1) is 13.8. The van der Waals surface area contributed by atoms with Crippen molar-refractivity contribution in [2.24, 2.45) is 5.10 Å². The Balaban J connectivity index is 1.98. The van der Waals surface area contributed by atoms with Crippen LogP contribution in [-0.4, -0.2) is 21.8 Å². The maximum atomic E-state index is 11.4. The molecule has 0 aliphatic rings. The lowest BCUT2D eigenvalue weighted by atomic mass is 10.1. The number of nitrogens with one attached hydrogen (secondary N) is 1. The Bertz CT molecular complexity index is 839. The molecule has 0 amide bonds. The molecule has 0 radical (unpaired) electrons. The third-order valence-corrected chi connectivity index (χ3v) is 3.17. The second kappa shape index (κ2) is 6.05. The van der Waals surface area contributed by atoms with Gasteiger partial charge in [0.15, 0.2) is 5.71 Å². The molecule has 0 atom stereocenters. The molecule has 1 aromatic heterocycles. The predicted octanol–water partition coefficient (Wildman–Crippen LogP) is 3.14. The number of carboxylic acid groups (broad SMARTS) is 1. The molecule has 1 heterocycles. The van der Waals surface area contributed by atoms with Crippen molar-refractivity contribution >= 4 is 28.3 Å². The Hall–Kier alpha value is -3.21. The summed E-state index contributed by atoms with van der Waals surface area (Å²) in [4.78, 5) is 15.7. The lowest BCUT2D eigenvalue weighted by Gasteiger charge is -2.06. The molecule has 0 fully saturated rings. The van der Waals surface area contributed by atoms with E-state index in [2.05, 4.69) is 15.5 Å². The first-order valence-corrected chi connectivity index (χ1v) is 6.72. The van der Waals surface area contributed by atoms with E-state index < -0.39 is 5.97 Å². The SMILES string of the molecule is O=C(O)/C(=N/Nc1cccc2cccnc12)c1ccccc1. The van der Waals surface area contributed by atoms with Crippen molar-refractivity contribution < 1.29 is 9.90 Å². The summed E-state index contributed by atoms with van der Waals surface area (Å²) in [7, 11) is 0. The second-order valence-corrected chi connectivity index (χ2v) is 4.62. The average Bonchev–Trinajstić information content (AvgIpc) is 2.56. The van der Waals surface area contributed by atoms with Gasteiger partial charge in [0.2, 0.25) is 0 Å². The molecule has 0 aliphatic carbocycles. The quantitative estimate of drug-likeness (QED) is 0.572. The zero-order valence-corrected chi connectivity index (χ0v) is 11.6. The van der Waals surface area contributed by atoms with E-state index in [0.29, 0.717) is 11.3 Å². The summed E-state index contributed by atoms with van der Waals surface area (Å²) in [5.74, 6) is -1.09. The standard InChI is InChI=1S/C17H13N3O2/c21-17(22)16(13-6-2-1-3-7-13)20-19-14-10-4-8-12-9-5-11-18-15(12)14/h1-11,19H,(H,21,22)/b20-16+. The minimum absolute atomic E-state index is 0.0477. The number of nitrogens with zero attached hydrogens (tertiary/aromatic N) is 2. The monoisotopic (exact) mass is 291 g/mol. The molecule has 5 nitrogen and oxygen atoms in total. The summed E-state index contributed by atoms with van der Waals surface area (Å²) < 4.78 is 0. The Labute approximate surface area is 126 Å². The number of pyridine rings is 1. The fraction of sp³-hybridized carbons (Fsp3) is 0. The van der Waals surface area contributed by atoms with Gasteiger partial charge < -0.3 is 5.11 Å². The van der Waals surface area contributed by atoms with E-state index in [0.717, 1.165) is 10.9 Å². The predicted molar refractivity (Wildman–Crippen MR) is 86.0 cm³/mol. The van der Waals surface area contributed by atoms with Crippen LogP contribution in [0.2, 0.25) is 0 Å². The number of benzene rings is 2. The molecular weight excluding hydrogens is 278 g/mol. The number of carboxylic acids is 1. The average molecular weight is 291 g/mol. The highest BCUT2D eigenvalue weighted by atomic mass is 16.4. The summed E-state index contributed by atoms with van der Waals surface area (Å²) in [5, 5.41) is 14.3. The molecule has 2 N–H and O–H groups in total. The number of para-hydroxylation sites is 1. The van der Waals surface area contributed by atoms with Crippen LogP contribution in [0.25, 0.3) is 10.9 Å². The molecule has 0 saturated heterocycles. The lowest BCUT2D eigenvalue weighted by molar-refractivity contribution is -0.129. The molecule has 0 spiro atoms. The minimum atomic E-state index is -1.09. The fourth-order valence-electron chi connectivity index (χ4n) is 2.14. The molecule has 108 valence electrons. The topological polar surface area (TPSA) is 74.6 Å². The number of hydrogen-bond acceptors (Lipinski definition) is 4. The van der Waals surface area contributed by atoms with Gasteiger partial charge in [0.25, 0.3) is 0 Å². The van der Waals surface area contributed by atoms with E-state index in [4.69, 9.17) is 0 Å². The van der Waals surface area contributed by atoms with Crippen LogP contribution in [0.15, 0.2) is 72.0 Å². The number of anilines is 1. The van der Waals surface area contributed by atoms with Gasteiger partial charge in [-0.1, -0.05) is 48.5 Å². The maximum absolute atomic E-state index is 11.4. The maximum Gasteiger partial charge on any atom is 0.356 e. The van der Waals surface area contributed by atoms with Crippen molar-refractivity contribution in [2.75, 3.05) is 5.43 Å². The Morgan fingerprint density at radius 3 is 2.55 bits per heavy atom. The largest absolute Gasteiger partial charge is 0.476 e. The Morgan fingerprint density at radius 2 is 1.77 bits per heavy atom. The zero-order chi connectivity index (χ0) is 15.4. The normalized spacial score (nSPS) is 11.4. The smallest absolute Gasteiger partial charge is 0.356 e. The van der Waals surface area contributed by atoms with Crippen LogP contribution in [0.3, 0.4) is 0 Å². The van der Waals surface area contributed by atoms with Crippen molar-refractivity contribution in [3.63, 3.8) is 0 Å². The van der Waals surface area contributed by atoms with Crippen LogP contribution in [0.4, 0.5) is 5.69 Å². The van der Waals surface area contributed by atoms with Crippen LogP contribution in [-0.2, 0) is 4.79 Å². The molecule has 3 aromatic rings. The summed E-state index contributed by atoms with van der Waals surface area (Å²) >= 11 is 0. The van der Waals surface area contributed by atoms with Gasteiger partial charge in [-0.3, -0.25) is 10.4 Å². The molecule has 0 aliphatic heterocycles. The minimum Gasteiger partial charge on any atom is -0.476 e. The number of rotatable bonds is 4. The number of aliphatic carboxylic acids is 1. The number of fused-ring (bicyclic) bond motifs is 1. The first-order chi connectivity index (χ1) is 10.8. The highest BCUT2D eigenvalue weighted by molar-refractivity contribution is 6.42. The lowest BCUT2D eigenvalue weighted by Crippen LogP contribution is -2.16. The van der Waals surface area contributed by atoms with Crippen LogP contribution in [0.1, 0.15) is 5.56 Å². The second-order valence-electron chi connectivity index (χ2n) is 4.62. The van der Waals surface area contributed by atoms with Gasteiger partial charge in [-0.25, -0.2) is 4.79 Å². The van der Waals surface area contributed by atoms with Crippen molar-refractivity contribution in [3.8, 4) is 0 Å².